The first-order chi connectivity index (χ1) is 9.50. The molecule has 0 amide bonds. The Morgan fingerprint density at radius 3 is 1.90 bits per heavy atom. The topological polar surface area (TPSA) is 71.4 Å². The third-order valence-electron chi connectivity index (χ3n) is 2.66. The molecule has 102 valence electrons. The first-order valence-corrected chi connectivity index (χ1v) is 7.36. The Labute approximate surface area is 116 Å². The Bertz CT molecular complexity index is 732. The number of carbonyl (C=O) groups is 1. The maximum atomic E-state index is 12.2. The van der Waals surface area contributed by atoms with Gasteiger partial charge in [-0.1, -0.05) is 48.5 Å². The summed E-state index contributed by atoms with van der Waals surface area (Å²) in [6, 6.07) is 15.9. The largest absolute Gasteiger partial charge is 0.478 e. The van der Waals surface area contributed by atoms with Gasteiger partial charge in [0.15, 0.2) is 0 Å². The van der Waals surface area contributed by atoms with Crippen molar-refractivity contribution in [3.05, 3.63) is 71.6 Å². The molecule has 2 rings (SSSR count). The smallest absolute Gasteiger partial charge is 0.337 e. The number of benzene rings is 2. The summed E-state index contributed by atoms with van der Waals surface area (Å²) in [5, 5.41) is 10.00. The van der Waals surface area contributed by atoms with E-state index in [1.165, 1.54) is 12.1 Å². The van der Waals surface area contributed by atoms with Gasteiger partial charge < -0.3 is 5.11 Å². The first-order valence-electron chi connectivity index (χ1n) is 5.81. The second-order valence-electron chi connectivity index (χ2n) is 4.06. The predicted molar refractivity (Wildman–Crippen MR) is 75.7 cm³/mol. The van der Waals surface area contributed by atoms with Gasteiger partial charge in [0, 0.05) is 0 Å². The fraction of sp³-hybridized carbons (Fsp3) is 0. The van der Waals surface area contributed by atoms with E-state index in [1.54, 1.807) is 48.5 Å². The van der Waals surface area contributed by atoms with E-state index in [9.17, 15) is 18.3 Å². The predicted octanol–water partition coefficient (Wildman–Crippen LogP) is 2.59. The Kier molecular flexibility index (Phi) is 4.00. The summed E-state index contributed by atoms with van der Waals surface area (Å²) in [5.74, 6) is -1.28. The number of hydrogen-bond acceptors (Lipinski definition) is 3. The van der Waals surface area contributed by atoms with Crippen molar-refractivity contribution in [2.75, 3.05) is 0 Å². The third kappa shape index (κ3) is 3.13. The lowest BCUT2D eigenvalue weighted by Crippen LogP contribution is -2.04. The zero-order chi connectivity index (χ0) is 14.6. The normalized spacial score (nSPS) is 12.1. The summed E-state index contributed by atoms with van der Waals surface area (Å²) in [6.07, 6.45) is 0. The van der Waals surface area contributed by atoms with Gasteiger partial charge in [-0.15, -0.1) is 0 Å². The second kappa shape index (κ2) is 5.71. The summed E-state index contributed by atoms with van der Waals surface area (Å²) in [4.78, 5) is 11.3. The molecular formula is C15H12O4S. The van der Waals surface area contributed by atoms with Crippen molar-refractivity contribution in [3.63, 3.8) is 0 Å². The molecule has 20 heavy (non-hydrogen) atoms. The molecule has 2 aromatic rings. The van der Waals surface area contributed by atoms with Crippen LogP contribution in [0.4, 0.5) is 0 Å². The SMILES string of the molecule is O=C(O)C(=CS(=O)(=O)c1ccccc1)c1ccccc1. The van der Waals surface area contributed by atoms with E-state index in [4.69, 9.17) is 0 Å². The van der Waals surface area contributed by atoms with Crippen molar-refractivity contribution in [1.29, 1.82) is 0 Å². The van der Waals surface area contributed by atoms with E-state index < -0.39 is 15.8 Å². The summed E-state index contributed by atoms with van der Waals surface area (Å²) < 4.78 is 24.4. The zero-order valence-corrected chi connectivity index (χ0v) is 11.2. The highest BCUT2D eigenvalue weighted by Crippen LogP contribution is 2.20. The van der Waals surface area contributed by atoms with Crippen LogP contribution >= 0.6 is 0 Å². The number of carboxylic acids is 1. The van der Waals surface area contributed by atoms with Crippen LogP contribution in [-0.2, 0) is 14.6 Å². The van der Waals surface area contributed by atoms with E-state index in [1.807, 2.05) is 0 Å². The minimum Gasteiger partial charge on any atom is -0.478 e. The summed E-state index contributed by atoms with van der Waals surface area (Å²) in [5.41, 5.74) is 0.0916. The van der Waals surface area contributed by atoms with E-state index >= 15 is 0 Å². The van der Waals surface area contributed by atoms with Crippen molar-refractivity contribution in [1.82, 2.24) is 0 Å². The maximum Gasteiger partial charge on any atom is 0.337 e. The van der Waals surface area contributed by atoms with E-state index in [0.717, 1.165) is 5.41 Å². The lowest BCUT2D eigenvalue weighted by molar-refractivity contribution is -0.130. The highest BCUT2D eigenvalue weighted by atomic mass is 32.2. The highest BCUT2D eigenvalue weighted by Gasteiger charge is 2.17. The fourth-order valence-electron chi connectivity index (χ4n) is 1.69. The minimum absolute atomic E-state index is 0.0645. The van der Waals surface area contributed by atoms with Gasteiger partial charge in [-0.2, -0.15) is 0 Å². The minimum atomic E-state index is -3.80. The fourth-order valence-corrected chi connectivity index (χ4v) is 2.91. The van der Waals surface area contributed by atoms with Gasteiger partial charge in [0.1, 0.15) is 0 Å². The maximum absolute atomic E-state index is 12.2. The van der Waals surface area contributed by atoms with Crippen LogP contribution in [0.15, 0.2) is 71.0 Å². The molecule has 0 aliphatic heterocycles. The lowest BCUT2D eigenvalue weighted by Gasteiger charge is -2.04. The standard InChI is InChI=1S/C15H12O4S/c16-15(17)14(12-7-3-1-4-8-12)11-20(18,19)13-9-5-2-6-10-13/h1-11H,(H,16,17). The van der Waals surface area contributed by atoms with Crippen LogP contribution < -0.4 is 0 Å². The summed E-state index contributed by atoms with van der Waals surface area (Å²) in [7, 11) is -3.80. The molecule has 0 saturated carbocycles. The van der Waals surface area contributed by atoms with Gasteiger partial charge in [-0.05, 0) is 17.7 Å². The Balaban J connectivity index is 2.53. The number of carboxylic acid groups (broad SMARTS) is 1. The first kappa shape index (κ1) is 14.0. The quantitative estimate of drug-likeness (QED) is 0.878. The van der Waals surface area contributed by atoms with E-state index in [0.29, 0.717) is 5.56 Å². The van der Waals surface area contributed by atoms with Crippen molar-refractivity contribution in [3.8, 4) is 0 Å². The summed E-state index contributed by atoms with van der Waals surface area (Å²) in [6.45, 7) is 0. The van der Waals surface area contributed by atoms with Gasteiger partial charge in [0.05, 0.1) is 15.9 Å². The van der Waals surface area contributed by atoms with Gasteiger partial charge >= 0.3 is 5.97 Å². The molecule has 0 heterocycles. The van der Waals surface area contributed by atoms with Crippen LogP contribution in [0, 0.1) is 0 Å². The number of hydrogen-bond donors (Lipinski definition) is 1. The Hall–Kier alpha value is -2.40. The molecule has 5 heteroatoms. The molecule has 0 saturated heterocycles. The molecule has 0 fully saturated rings. The number of sulfone groups is 1. The summed E-state index contributed by atoms with van der Waals surface area (Å²) >= 11 is 0. The molecule has 0 radical (unpaired) electrons. The van der Waals surface area contributed by atoms with Crippen molar-refractivity contribution < 1.29 is 18.3 Å². The monoisotopic (exact) mass is 288 g/mol. The van der Waals surface area contributed by atoms with Gasteiger partial charge in [0.25, 0.3) is 0 Å². The highest BCUT2D eigenvalue weighted by molar-refractivity contribution is 7.94. The molecule has 0 aliphatic carbocycles. The lowest BCUT2D eigenvalue weighted by atomic mass is 10.1. The van der Waals surface area contributed by atoms with Gasteiger partial charge in [-0.25, -0.2) is 13.2 Å². The van der Waals surface area contributed by atoms with E-state index in [2.05, 4.69) is 0 Å². The molecule has 0 aliphatic rings. The molecule has 0 spiro atoms. The molecule has 0 unspecified atom stereocenters. The molecule has 0 aromatic heterocycles. The van der Waals surface area contributed by atoms with Crippen molar-refractivity contribution in [2.45, 2.75) is 4.90 Å². The molecule has 4 nitrogen and oxygen atoms in total. The zero-order valence-electron chi connectivity index (χ0n) is 10.4. The van der Waals surface area contributed by atoms with Crippen molar-refractivity contribution >= 4 is 21.4 Å². The van der Waals surface area contributed by atoms with Crippen LogP contribution in [0.2, 0.25) is 0 Å². The molecule has 0 bridgehead atoms. The van der Waals surface area contributed by atoms with E-state index in [-0.39, 0.29) is 10.5 Å². The van der Waals surface area contributed by atoms with Crippen LogP contribution in [-0.4, -0.2) is 19.5 Å². The molecule has 1 N–H and O–H groups in total. The van der Waals surface area contributed by atoms with Crippen LogP contribution in [0.1, 0.15) is 5.56 Å². The van der Waals surface area contributed by atoms with Gasteiger partial charge in [0.2, 0.25) is 9.84 Å². The Morgan fingerprint density at radius 2 is 1.40 bits per heavy atom. The number of aliphatic carboxylic acids is 1. The average molecular weight is 288 g/mol. The third-order valence-corrected chi connectivity index (χ3v) is 4.14. The van der Waals surface area contributed by atoms with Crippen LogP contribution in [0.25, 0.3) is 5.57 Å². The Morgan fingerprint density at radius 1 is 0.900 bits per heavy atom. The second-order valence-corrected chi connectivity index (χ2v) is 5.86. The van der Waals surface area contributed by atoms with Crippen LogP contribution in [0.3, 0.4) is 0 Å². The molecule has 0 atom stereocenters. The molecule has 2 aromatic carbocycles. The van der Waals surface area contributed by atoms with Crippen molar-refractivity contribution in [2.24, 2.45) is 0 Å². The molecular weight excluding hydrogens is 276 g/mol. The number of rotatable bonds is 4. The average Bonchev–Trinajstić information content (AvgIpc) is 2.46. The van der Waals surface area contributed by atoms with Crippen LogP contribution in [0.5, 0.6) is 0 Å². The van der Waals surface area contributed by atoms with Gasteiger partial charge in [-0.3, -0.25) is 0 Å².